The number of hydrogen-bond acceptors (Lipinski definition) is 4. The summed E-state index contributed by atoms with van der Waals surface area (Å²) in [6.07, 6.45) is -2.55. The molecular weight excluding hydrogens is 450 g/mol. The number of benzene rings is 1. The van der Waals surface area contributed by atoms with Gasteiger partial charge < -0.3 is 5.32 Å². The second-order valence-corrected chi connectivity index (χ2v) is 7.40. The molecule has 0 spiro atoms. The number of nitrogens with one attached hydrogen (secondary N) is 1. The maximum Gasteiger partial charge on any atom is 0.408 e. The van der Waals surface area contributed by atoms with Crippen molar-refractivity contribution in [1.82, 2.24) is 9.97 Å². The minimum Gasteiger partial charge on any atom is -0.358 e. The van der Waals surface area contributed by atoms with E-state index in [0.29, 0.717) is 25.0 Å². The zero-order valence-corrected chi connectivity index (χ0v) is 16.9. The molecule has 2 aromatic rings. The monoisotopic (exact) mass is 466 g/mol. The molecule has 31 heavy (non-hydrogen) atoms. The maximum absolute atomic E-state index is 14.4. The van der Waals surface area contributed by atoms with Crippen LogP contribution in [-0.2, 0) is 4.79 Å². The quantitative estimate of drug-likeness (QED) is 0.478. The second-order valence-electron chi connectivity index (χ2n) is 7.05. The summed E-state index contributed by atoms with van der Waals surface area (Å²) in [4.78, 5) is 21.4. The normalized spacial score (nSPS) is 16.3. The highest BCUT2D eigenvalue weighted by molar-refractivity contribution is 6.33. The Kier molecular flexibility index (Phi) is 6.63. The predicted molar refractivity (Wildman–Crippen MR) is 102 cm³/mol. The van der Waals surface area contributed by atoms with E-state index in [1.54, 1.807) is 0 Å². The van der Waals surface area contributed by atoms with Gasteiger partial charge >= 0.3 is 6.18 Å². The predicted octanol–water partition coefficient (Wildman–Crippen LogP) is 5.48. The van der Waals surface area contributed by atoms with E-state index in [4.69, 9.17) is 11.6 Å². The molecule has 1 aromatic heterocycles. The van der Waals surface area contributed by atoms with Gasteiger partial charge in [-0.1, -0.05) is 18.0 Å². The number of aromatic nitrogens is 2. The lowest BCUT2D eigenvalue weighted by atomic mass is 10.1. The standard InChI is InChI=1S/C19H17ClF6N4O/c1-9(19(24,25)26)27-17-15(14-11(22)7-10(21)8-12(14)23)16(20)28-18(29-17)30-6-4-2-3-5-13(30)31/h7-9H,2-6H2,1H3,(H,27,28,29)/t9-/m0/s1. The summed E-state index contributed by atoms with van der Waals surface area (Å²) < 4.78 is 81.6. The van der Waals surface area contributed by atoms with E-state index in [1.807, 2.05) is 5.32 Å². The van der Waals surface area contributed by atoms with E-state index in [0.717, 1.165) is 13.3 Å². The Labute approximate surface area is 178 Å². The van der Waals surface area contributed by atoms with Crippen LogP contribution in [-0.4, -0.2) is 34.6 Å². The SMILES string of the molecule is C[C@H](Nc1nc(N2CCCCCC2=O)nc(Cl)c1-c1c(F)cc(F)cc1F)C(F)(F)F. The highest BCUT2D eigenvalue weighted by Gasteiger charge is 2.37. The fourth-order valence-electron chi connectivity index (χ4n) is 3.13. The molecule has 0 aliphatic carbocycles. The lowest BCUT2D eigenvalue weighted by Gasteiger charge is -2.24. The molecule has 1 aliphatic heterocycles. The number of nitrogens with zero attached hydrogens (tertiary/aromatic N) is 3. The average Bonchev–Trinajstić information content (AvgIpc) is 2.86. The Morgan fingerprint density at radius 1 is 1.06 bits per heavy atom. The van der Waals surface area contributed by atoms with Crippen molar-refractivity contribution >= 4 is 29.3 Å². The second kappa shape index (κ2) is 8.89. The summed E-state index contributed by atoms with van der Waals surface area (Å²) in [7, 11) is 0. The molecule has 168 valence electrons. The highest BCUT2D eigenvalue weighted by Crippen LogP contribution is 2.39. The van der Waals surface area contributed by atoms with Gasteiger partial charge in [-0.2, -0.15) is 23.1 Å². The van der Waals surface area contributed by atoms with Crippen molar-refractivity contribution < 1.29 is 31.1 Å². The fraction of sp³-hybridized carbons (Fsp3) is 0.421. The van der Waals surface area contributed by atoms with E-state index in [2.05, 4.69) is 9.97 Å². The third kappa shape index (κ3) is 5.03. The minimum absolute atomic E-state index is 0.186. The summed E-state index contributed by atoms with van der Waals surface area (Å²) in [6.45, 7) is 0.982. The molecular formula is C19H17ClF6N4O. The van der Waals surface area contributed by atoms with Crippen molar-refractivity contribution in [3.8, 4) is 11.1 Å². The summed E-state index contributed by atoms with van der Waals surface area (Å²) >= 11 is 6.12. The van der Waals surface area contributed by atoms with Crippen LogP contribution in [0.3, 0.4) is 0 Å². The van der Waals surface area contributed by atoms with Gasteiger partial charge in [0.15, 0.2) is 0 Å². The minimum atomic E-state index is -4.73. The first kappa shape index (κ1) is 23.1. The third-order valence-electron chi connectivity index (χ3n) is 4.77. The van der Waals surface area contributed by atoms with Gasteiger partial charge in [0.05, 0.1) is 11.1 Å². The number of anilines is 2. The molecule has 1 N–H and O–H groups in total. The number of halogens is 7. The van der Waals surface area contributed by atoms with Crippen LogP contribution in [0.2, 0.25) is 5.15 Å². The average molecular weight is 467 g/mol. The molecule has 5 nitrogen and oxygen atoms in total. The zero-order valence-electron chi connectivity index (χ0n) is 16.2. The molecule has 12 heteroatoms. The van der Waals surface area contributed by atoms with Gasteiger partial charge in [-0.15, -0.1) is 0 Å². The summed E-state index contributed by atoms with van der Waals surface area (Å²) in [5, 5.41) is 1.45. The van der Waals surface area contributed by atoms with E-state index in [9.17, 15) is 31.1 Å². The maximum atomic E-state index is 14.4. The first-order chi connectivity index (χ1) is 14.5. The van der Waals surface area contributed by atoms with Crippen LogP contribution in [0.5, 0.6) is 0 Å². The molecule has 0 bridgehead atoms. The number of alkyl halides is 3. The molecule has 1 aliphatic rings. The van der Waals surface area contributed by atoms with Crippen molar-refractivity contribution in [3.05, 3.63) is 34.7 Å². The van der Waals surface area contributed by atoms with Gasteiger partial charge in [0.25, 0.3) is 0 Å². The van der Waals surface area contributed by atoms with Crippen molar-refractivity contribution in [2.24, 2.45) is 0 Å². The Bertz CT molecular complexity index is 977. The van der Waals surface area contributed by atoms with Crippen LogP contribution >= 0.6 is 11.6 Å². The van der Waals surface area contributed by atoms with Crippen LogP contribution in [0.25, 0.3) is 11.1 Å². The van der Waals surface area contributed by atoms with Crippen molar-refractivity contribution in [2.45, 2.75) is 44.8 Å². The largest absolute Gasteiger partial charge is 0.408 e. The van der Waals surface area contributed by atoms with E-state index in [-0.39, 0.29) is 24.8 Å². The lowest BCUT2D eigenvalue weighted by molar-refractivity contribution is -0.138. The molecule has 1 atom stereocenters. The van der Waals surface area contributed by atoms with E-state index in [1.165, 1.54) is 4.90 Å². The first-order valence-corrected chi connectivity index (χ1v) is 9.73. The van der Waals surface area contributed by atoms with Crippen LogP contribution in [0, 0.1) is 17.5 Å². The van der Waals surface area contributed by atoms with Crippen molar-refractivity contribution in [3.63, 3.8) is 0 Å². The molecule has 1 saturated heterocycles. The van der Waals surface area contributed by atoms with Crippen LogP contribution in [0.4, 0.5) is 38.1 Å². The summed E-state index contributed by atoms with van der Waals surface area (Å²) in [5.74, 6) is -5.30. The topological polar surface area (TPSA) is 58.1 Å². The third-order valence-corrected chi connectivity index (χ3v) is 5.04. The Balaban J connectivity index is 2.19. The molecule has 2 heterocycles. The number of carbonyl (C=O) groups excluding carboxylic acids is 1. The Morgan fingerprint density at radius 2 is 1.71 bits per heavy atom. The molecule has 0 unspecified atom stereocenters. The number of hydrogen-bond donors (Lipinski definition) is 1. The number of amides is 1. The van der Waals surface area contributed by atoms with Gasteiger partial charge in [0.1, 0.15) is 34.5 Å². The molecule has 1 amide bonds. The van der Waals surface area contributed by atoms with Crippen LogP contribution in [0.15, 0.2) is 12.1 Å². The number of rotatable bonds is 4. The Morgan fingerprint density at radius 3 is 2.32 bits per heavy atom. The highest BCUT2D eigenvalue weighted by atomic mass is 35.5. The summed E-state index contributed by atoms with van der Waals surface area (Å²) in [6, 6.07) is -1.47. The molecule has 3 rings (SSSR count). The van der Waals surface area contributed by atoms with Gasteiger partial charge in [-0.3, -0.25) is 9.69 Å². The fourth-order valence-corrected chi connectivity index (χ4v) is 3.39. The van der Waals surface area contributed by atoms with Crippen LogP contribution in [0.1, 0.15) is 32.6 Å². The van der Waals surface area contributed by atoms with E-state index < -0.39 is 51.8 Å². The molecule has 0 saturated carbocycles. The van der Waals surface area contributed by atoms with Gasteiger partial charge in [0, 0.05) is 25.1 Å². The lowest BCUT2D eigenvalue weighted by Crippen LogP contribution is -2.35. The summed E-state index contributed by atoms with van der Waals surface area (Å²) in [5.41, 5.74) is -1.50. The van der Waals surface area contributed by atoms with Gasteiger partial charge in [-0.05, 0) is 19.8 Å². The van der Waals surface area contributed by atoms with Crippen molar-refractivity contribution in [1.29, 1.82) is 0 Å². The molecule has 1 aromatic carbocycles. The van der Waals surface area contributed by atoms with Crippen molar-refractivity contribution in [2.75, 3.05) is 16.8 Å². The Hall–Kier alpha value is -2.56. The van der Waals surface area contributed by atoms with Gasteiger partial charge in [-0.25, -0.2) is 13.2 Å². The van der Waals surface area contributed by atoms with E-state index >= 15 is 0 Å². The molecule has 0 radical (unpaired) electrons. The first-order valence-electron chi connectivity index (χ1n) is 9.35. The smallest absolute Gasteiger partial charge is 0.358 e. The zero-order chi connectivity index (χ0) is 22.9. The van der Waals surface area contributed by atoms with Crippen LogP contribution < -0.4 is 10.2 Å². The number of carbonyl (C=O) groups is 1. The molecule has 1 fully saturated rings. The van der Waals surface area contributed by atoms with Gasteiger partial charge in [0.2, 0.25) is 11.9 Å².